The van der Waals surface area contributed by atoms with E-state index in [-0.39, 0.29) is 11.7 Å². The Balaban J connectivity index is 1.79. The van der Waals surface area contributed by atoms with E-state index in [1.165, 1.54) is 24.3 Å². The van der Waals surface area contributed by atoms with Crippen molar-refractivity contribution in [3.63, 3.8) is 0 Å². The molecule has 0 spiro atoms. The second-order valence-electron chi connectivity index (χ2n) is 5.88. The van der Waals surface area contributed by atoms with Crippen LogP contribution < -0.4 is 14.8 Å². The Morgan fingerprint density at radius 3 is 2.56 bits per heavy atom. The Bertz CT molecular complexity index is 701. The van der Waals surface area contributed by atoms with Crippen LogP contribution in [0.1, 0.15) is 24.5 Å². The zero-order valence-electron chi connectivity index (χ0n) is 14.8. The minimum absolute atomic E-state index is 0.212. The summed E-state index contributed by atoms with van der Waals surface area (Å²) in [6, 6.07) is 11.6. The van der Waals surface area contributed by atoms with Gasteiger partial charge in [-0.2, -0.15) is 0 Å². The van der Waals surface area contributed by atoms with Crippen LogP contribution in [0.25, 0.3) is 0 Å². The lowest BCUT2D eigenvalue weighted by atomic mass is 10.1. The molecule has 0 radical (unpaired) electrons. The third-order valence-electron chi connectivity index (χ3n) is 3.76. The summed E-state index contributed by atoms with van der Waals surface area (Å²) in [6.07, 6.45) is -0.104. The standard InChI is InChI=1S/C20H24FNO3/c1-4-18(25-17-9-7-16(21)8-10-17)20(23)22-11-12-24-19-13-14(2)5-6-15(19)3/h5-10,13,18H,4,11-12H2,1-3H3,(H,22,23)/t18-/m1/s1. The topological polar surface area (TPSA) is 47.6 Å². The first-order valence-corrected chi connectivity index (χ1v) is 8.39. The number of nitrogens with one attached hydrogen (secondary N) is 1. The molecule has 25 heavy (non-hydrogen) atoms. The summed E-state index contributed by atoms with van der Waals surface area (Å²) >= 11 is 0. The Hall–Kier alpha value is -2.56. The Morgan fingerprint density at radius 2 is 1.88 bits per heavy atom. The molecule has 4 nitrogen and oxygen atoms in total. The number of amides is 1. The Morgan fingerprint density at radius 1 is 1.16 bits per heavy atom. The van der Waals surface area contributed by atoms with Gasteiger partial charge in [0.15, 0.2) is 6.10 Å². The third kappa shape index (κ3) is 5.78. The van der Waals surface area contributed by atoms with E-state index in [2.05, 4.69) is 5.32 Å². The highest BCUT2D eigenvalue weighted by Crippen LogP contribution is 2.18. The minimum atomic E-state index is -0.619. The van der Waals surface area contributed by atoms with E-state index >= 15 is 0 Å². The molecule has 1 atom stereocenters. The first-order chi connectivity index (χ1) is 12.0. The number of benzene rings is 2. The van der Waals surface area contributed by atoms with Gasteiger partial charge in [-0.25, -0.2) is 4.39 Å². The quantitative estimate of drug-likeness (QED) is 0.741. The van der Waals surface area contributed by atoms with Gasteiger partial charge < -0.3 is 14.8 Å². The van der Waals surface area contributed by atoms with E-state index in [9.17, 15) is 9.18 Å². The maximum atomic E-state index is 12.9. The van der Waals surface area contributed by atoms with Gasteiger partial charge in [0.2, 0.25) is 0 Å². The number of carbonyl (C=O) groups is 1. The zero-order chi connectivity index (χ0) is 18.2. The summed E-state index contributed by atoms with van der Waals surface area (Å²) in [5.41, 5.74) is 2.19. The maximum Gasteiger partial charge on any atom is 0.261 e. The van der Waals surface area contributed by atoms with Crippen molar-refractivity contribution in [2.24, 2.45) is 0 Å². The van der Waals surface area contributed by atoms with Gasteiger partial charge >= 0.3 is 0 Å². The molecular weight excluding hydrogens is 321 g/mol. The molecule has 1 amide bonds. The van der Waals surface area contributed by atoms with Crippen molar-refractivity contribution >= 4 is 5.91 Å². The molecule has 0 heterocycles. The fourth-order valence-corrected chi connectivity index (χ4v) is 2.31. The van der Waals surface area contributed by atoms with Gasteiger partial charge in [-0.3, -0.25) is 4.79 Å². The zero-order valence-corrected chi connectivity index (χ0v) is 14.8. The highest BCUT2D eigenvalue weighted by Gasteiger charge is 2.17. The first kappa shape index (κ1) is 18.8. The molecule has 2 aromatic carbocycles. The molecule has 0 aliphatic rings. The number of rotatable bonds is 8. The van der Waals surface area contributed by atoms with Crippen LogP contribution in [0, 0.1) is 19.7 Å². The van der Waals surface area contributed by atoms with Crippen molar-refractivity contribution in [3.05, 3.63) is 59.4 Å². The van der Waals surface area contributed by atoms with Crippen molar-refractivity contribution in [1.82, 2.24) is 5.32 Å². The minimum Gasteiger partial charge on any atom is -0.491 e. The maximum absolute atomic E-state index is 12.9. The molecule has 0 fully saturated rings. The van der Waals surface area contributed by atoms with Crippen LogP contribution in [0.2, 0.25) is 0 Å². The molecule has 2 rings (SSSR count). The summed E-state index contributed by atoms with van der Waals surface area (Å²) in [7, 11) is 0. The van der Waals surface area contributed by atoms with E-state index in [4.69, 9.17) is 9.47 Å². The fourth-order valence-electron chi connectivity index (χ4n) is 2.31. The number of carbonyl (C=O) groups excluding carboxylic acids is 1. The average molecular weight is 345 g/mol. The number of hydrogen-bond acceptors (Lipinski definition) is 3. The second-order valence-corrected chi connectivity index (χ2v) is 5.88. The molecule has 0 bridgehead atoms. The molecule has 0 unspecified atom stereocenters. The largest absolute Gasteiger partial charge is 0.491 e. The predicted molar refractivity (Wildman–Crippen MR) is 95.5 cm³/mol. The van der Waals surface area contributed by atoms with E-state index in [1.54, 1.807) is 0 Å². The number of hydrogen-bond donors (Lipinski definition) is 1. The van der Waals surface area contributed by atoms with Gasteiger partial charge in [0.1, 0.15) is 23.9 Å². The summed E-state index contributed by atoms with van der Waals surface area (Å²) in [5.74, 6) is 0.740. The summed E-state index contributed by atoms with van der Waals surface area (Å²) in [6.45, 7) is 6.61. The van der Waals surface area contributed by atoms with Gasteiger partial charge in [-0.15, -0.1) is 0 Å². The van der Waals surface area contributed by atoms with Crippen LogP contribution in [0.3, 0.4) is 0 Å². The molecule has 1 N–H and O–H groups in total. The summed E-state index contributed by atoms with van der Waals surface area (Å²) in [4.78, 5) is 12.2. The first-order valence-electron chi connectivity index (χ1n) is 8.39. The number of aryl methyl sites for hydroxylation is 2. The van der Waals surface area contributed by atoms with Crippen molar-refractivity contribution in [3.8, 4) is 11.5 Å². The second kappa shape index (κ2) is 9.06. The number of ether oxygens (including phenoxy) is 2. The smallest absolute Gasteiger partial charge is 0.261 e. The third-order valence-corrected chi connectivity index (χ3v) is 3.76. The number of halogens is 1. The summed E-state index contributed by atoms with van der Waals surface area (Å²) < 4.78 is 24.2. The Kier molecular flexibility index (Phi) is 6.81. The van der Waals surface area contributed by atoms with E-state index in [1.807, 2.05) is 39.0 Å². The van der Waals surface area contributed by atoms with Gasteiger partial charge in [0.25, 0.3) is 5.91 Å². The van der Waals surface area contributed by atoms with Crippen molar-refractivity contribution in [1.29, 1.82) is 0 Å². The van der Waals surface area contributed by atoms with E-state index in [0.717, 1.165) is 16.9 Å². The van der Waals surface area contributed by atoms with Crippen LogP contribution >= 0.6 is 0 Å². The molecule has 2 aromatic rings. The van der Waals surface area contributed by atoms with Gasteiger partial charge in [-0.1, -0.05) is 19.1 Å². The monoisotopic (exact) mass is 345 g/mol. The molecule has 0 saturated carbocycles. The summed E-state index contributed by atoms with van der Waals surface area (Å²) in [5, 5.41) is 2.81. The lowest BCUT2D eigenvalue weighted by Gasteiger charge is -2.17. The van der Waals surface area contributed by atoms with Crippen LogP contribution in [-0.4, -0.2) is 25.2 Å². The molecule has 134 valence electrons. The van der Waals surface area contributed by atoms with Crippen molar-refractivity contribution in [2.75, 3.05) is 13.2 Å². The normalized spacial score (nSPS) is 11.7. The van der Waals surface area contributed by atoms with Crippen molar-refractivity contribution < 1.29 is 18.7 Å². The molecule has 5 heteroatoms. The van der Waals surface area contributed by atoms with Crippen LogP contribution in [0.4, 0.5) is 4.39 Å². The molecular formula is C20H24FNO3. The van der Waals surface area contributed by atoms with Gasteiger partial charge in [-0.05, 0) is 61.7 Å². The van der Waals surface area contributed by atoms with Gasteiger partial charge in [0.05, 0.1) is 6.54 Å². The lowest BCUT2D eigenvalue weighted by molar-refractivity contribution is -0.128. The van der Waals surface area contributed by atoms with Crippen LogP contribution in [0.15, 0.2) is 42.5 Å². The molecule has 0 aliphatic heterocycles. The predicted octanol–water partition coefficient (Wildman–Crippen LogP) is 3.80. The molecule has 0 aliphatic carbocycles. The highest BCUT2D eigenvalue weighted by molar-refractivity contribution is 5.81. The molecule has 0 saturated heterocycles. The molecule has 0 aromatic heterocycles. The van der Waals surface area contributed by atoms with Crippen LogP contribution in [0.5, 0.6) is 11.5 Å². The van der Waals surface area contributed by atoms with Crippen LogP contribution in [-0.2, 0) is 4.79 Å². The fraction of sp³-hybridized carbons (Fsp3) is 0.350. The lowest BCUT2D eigenvalue weighted by Crippen LogP contribution is -2.39. The van der Waals surface area contributed by atoms with Gasteiger partial charge in [0, 0.05) is 0 Å². The SMILES string of the molecule is CC[C@@H](Oc1ccc(F)cc1)C(=O)NCCOc1cc(C)ccc1C. The van der Waals surface area contributed by atoms with Crippen molar-refractivity contribution in [2.45, 2.75) is 33.3 Å². The average Bonchev–Trinajstić information content (AvgIpc) is 2.60. The Labute approximate surface area is 148 Å². The van der Waals surface area contributed by atoms with E-state index in [0.29, 0.717) is 25.3 Å². The highest BCUT2D eigenvalue weighted by atomic mass is 19.1. The van der Waals surface area contributed by atoms with E-state index < -0.39 is 6.10 Å².